The van der Waals surface area contributed by atoms with Gasteiger partial charge in [0.15, 0.2) is 0 Å². The second-order valence-corrected chi connectivity index (χ2v) is 11.0. The number of nitrogens with two attached hydrogens (primary N) is 1. The summed E-state index contributed by atoms with van der Waals surface area (Å²) in [7, 11) is 1.19. The molecule has 0 aliphatic carbocycles. The first-order valence-corrected chi connectivity index (χ1v) is 14.9. The van der Waals surface area contributed by atoms with E-state index in [0.29, 0.717) is 18.7 Å². The normalized spacial score (nSPS) is 18.7. The summed E-state index contributed by atoms with van der Waals surface area (Å²) in [4.78, 5) is 29.2. The number of carbonyl (C=O) groups is 2. The lowest BCUT2D eigenvalue weighted by molar-refractivity contribution is -0.140. The van der Waals surface area contributed by atoms with E-state index in [-0.39, 0.29) is 46.8 Å². The van der Waals surface area contributed by atoms with Gasteiger partial charge in [-0.3, -0.25) is 4.90 Å². The van der Waals surface area contributed by atoms with Gasteiger partial charge in [0, 0.05) is 42.5 Å². The zero-order chi connectivity index (χ0) is 31.9. The molecule has 2 aliphatic heterocycles. The predicted octanol–water partition coefficient (Wildman–Crippen LogP) is 4.11. The summed E-state index contributed by atoms with van der Waals surface area (Å²) in [6, 6.07) is 25.0. The molecule has 0 amide bonds. The lowest BCUT2D eigenvalue weighted by atomic mass is 9.79. The molecule has 3 aromatic carbocycles. The molecule has 0 bridgehead atoms. The van der Waals surface area contributed by atoms with E-state index in [4.69, 9.17) is 21.6 Å². The second-order valence-electron chi connectivity index (χ2n) is 11.0. The zero-order valence-corrected chi connectivity index (χ0v) is 25.4. The van der Waals surface area contributed by atoms with E-state index in [0.717, 1.165) is 13.1 Å². The minimum atomic E-state index is -1.23. The third kappa shape index (κ3) is 6.63. The van der Waals surface area contributed by atoms with Crippen LogP contribution in [0, 0.1) is 18.2 Å². The number of allylic oxidation sites excluding steroid dienone is 1. The molecule has 3 aromatic rings. The Hall–Kier alpha value is -4.91. The van der Waals surface area contributed by atoms with Gasteiger partial charge in [-0.2, -0.15) is 0 Å². The van der Waals surface area contributed by atoms with Crippen molar-refractivity contribution in [2.24, 2.45) is 5.73 Å². The topological polar surface area (TPSA) is 106 Å². The van der Waals surface area contributed by atoms with Crippen molar-refractivity contribution < 1.29 is 23.5 Å². The summed E-state index contributed by atoms with van der Waals surface area (Å²) in [5.41, 5.74) is 8.98. The second kappa shape index (κ2) is 14.2. The highest BCUT2D eigenvalue weighted by Crippen LogP contribution is 2.41. The van der Waals surface area contributed by atoms with Crippen molar-refractivity contribution in [1.29, 1.82) is 0 Å². The first kappa shape index (κ1) is 31.5. The summed E-state index contributed by atoms with van der Waals surface area (Å²) in [6.07, 6.45) is 6.25. The summed E-state index contributed by atoms with van der Waals surface area (Å²) >= 11 is 0. The van der Waals surface area contributed by atoms with Crippen molar-refractivity contribution in [3.05, 3.63) is 130 Å². The Labute approximate surface area is 263 Å². The van der Waals surface area contributed by atoms with Gasteiger partial charge < -0.3 is 25.8 Å². The highest BCUT2D eigenvalue weighted by atomic mass is 19.1. The van der Waals surface area contributed by atoms with E-state index >= 15 is 4.39 Å². The van der Waals surface area contributed by atoms with Crippen molar-refractivity contribution in [3.8, 4) is 12.3 Å². The van der Waals surface area contributed by atoms with Crippen LogP contribution in [0.25, 0.3) is 0 Å². The Kier molecular flexibility index (Phi) is 9.98. The molecule has 9 heteroatoms. The van der Waals surface area contributed by atoms with Crippen LogP contribution in [-0.2, 0) is 19.1 Å². The lowest BCUT2D eigenvalue weighted by Crippen LogP contribution is -2.53. The van der Waals surface area contributed by atoms with E-state index in [1.807, 2.05) is 36.4 Å². The molecule has 232 valence electrons. The number of nitrogens with zero attached hydrogens (tertiary/aromatic N) is 1. The number of esters is 2. The number of halogens is 1. The summed E-state index contributed by atoms with van der Waals surface area (Å²) in [5, 5.41) is 6.35. The van der Waals surface area contributed by atoms with Gasteiger partial charge in [-0.15, -0.1) is 6.42 Å². The molecule has 0 aromatic heterocycles. The third-order valence-electron chi connectivity index (χ3n) is 8.36. The SMILES string of the molecule is C#Cc1cccc(F)c1C1C(C(=O)OCCC2CNCCN2C(c2ccccc2)c2ccccc2)=C(C)NC(N)=C1C(=O)OC. The average Bonchev–Trinajstić information content (AvgIpc) is 3.05. The van der Waals surface area contributed by atoms with E-state index in [9.17, 15) is 9.59 Å². The molecule has 1 fully saturated rings. The van der Waals surface area contributed by atoms with Gasteiger partial charge in [-0.05, 0) is 36.6 Å². The van der Waals surface area contributed by atoms with Crippen molar-refractivity contribution in [2.45, 2.75) is 31.3 Å². The van der Waals surface area contributed by atoms with E-state index in [2.05, 4.69) is 45.7 Å². The molecule has 2 atom stereocenters. The average molecular weight is 609 g/mol. The maximum absolute atomic E-state index is 15.4. The Morgan fingerprint density at radius 2 is 1.69 bits per heavy atom. The van der Waals surface area contributed by atoms with Gasteiger partial charge in [0.05, 0.1) is 36.8 Å². The molecule has 2 unspecified atom stereocenters. The molecule has 2 heterocycles. The van der Waals surface area contributed by atoms with Gasteiger partial charge in [0.1, 0.15) is 11.6 Å². The maximum Gasteiger partial charge on any atom is 0.338 e. The molecule has 2 aliphatic rings. The number of nitrogens with one attached hydrogen (secondary N) is 2. The van der Waals surface area contributed by atoms with Crippen molar-refractivity contribution >= 4 is 11.9 Å². The number of terminal acetylenes is 1. The van der Waals surface area contributed by atoms with Gasteiger partial charge in [0.25, 0.3) is 0 Å². The van der Waals surface area contributed by atoms with Crippen LogP contribution in [0.1, 0.15) is 47.6 Å². The molecule has 5 rings (SSSR count). The number of hydrogen-bond donors (Lipinski definition) is 3. The van der Waals surface area contributed by atoms with Crippen LogP contribution in [-0.4, -0.2) is 56.2 Å². The number of hydrogen-bond acceptors (Lipinski definition) is 8. The van der Waals surface area contributed by atoms with Gasteiger partial charge in [-0.25, -0.2) is 14.0 Å². The highest BCUT2D eigenvalue weighted by molar-refractivity contribution is 6.00. The van der Waals surface area contributed by atoms with Crippen molar-refractivity contribution in [2.75, 3.05) is 33.4 Å². The first-order chi connectivity index (χ1) is 21.8. The molecule has 0 spiro atoms. The molecule has 0 radical (unpaired) electrons. The van der Waals surface area contributed by atoms with Crippen LogP contribution in [0.3, 0.4) is 0 Å². The van der Waals surface area contributed by atoms with E-state index in [1.165, 1.54) is 30.4 Å². The molecule has 8 nitrogen and oxygen atoms in total. The highest BCUT2D eigenvalue weighted by Gasteiger charge is 2.41. The monoisotopic (exact) mass is 608 g/mol. The fourth-order valence-electron chi connectivity index (χ4n) is 6.30. The zero-order valence-electron chi connectivity index (χ0n) is 25.4. The third-order valence-corrected chi connectivity index (χ3v) is 8.36. The molecule has 4 N–H and O–H groups in total. The number of methoxy groups -OCH3 is 1. The summed E-state index contributed by atoms with van der Waals surface area (Å²) in [6.45, 7) is 4.06. The fraction of sp³-hybridized carbons (Fsp3) is 0.278. The minimum Gasteiger partial charge on any atom is -0.466 e. The van der Waals surface area contributed by atoms with Crippen LogP contribution in [0.4, 0.5) is 4.39 Å². The van der Waals surface area contributed by atoms with Gasteiger partial charge in [-0.1, -0.05) is 72.7 Å². The predicted molar refractivity (Wildman–Crippen MR) is 170 cm³/mol. The molecule has 0 saturated carbocycles. The number of dihydropyridines is 1. The van der Waals surface area contributed by atoms with Crippen molar-refractivity contribution in [3.63, 3.8) is 0 Å². The Morgan fingerprint density at radius 3 is 2.31 bits per heavy atom. The van der Waals surface area contributed by atoms with Gasteiger partial charge in [0.2, 0.25) is 0 Å². The maximum atomic E-state index is 15.4. The number of rotatable bonds is 9. The summed E-state index contributed by atoms with van der Waals surface area (Å²) < 4.78 is 26.3. The van der Waals surface area contributed by atoms with Crippen LogP contribution in [0.2, 0.25) is 0 Å². The Balaban J connectivity index is 1.41. The molecule has 1 saturated heterocycles. The van der Waals surface area contributed by atoms with Crippen LogP contribution >= 0.6 is 0 Å². The quantitative estimate of drug-likeness (QED) is 0.246. The van der Waals surface area contributed by atoms with Crippen LogP contribution in [0.5, 0.6) is 0 Å². The van der Waals surface area contributed by atoms with Crippen LogP contribution < -0.4 is 16.4 Å². The molecule has 45 heavy (non-hydrogen) atoms. The number of benzene rings is 3. The first-order valence-electron chi connectivity index (χ1n) is 14.9. The lowest BCUT2D eigenvalue weighted by Gasteiger charge is -2.42. The standard InChI is InChI=1S/C36H37FN4O4/c1-4-24-16-11-17-28(37)30(24)31-29(23(2)40-34(38)32(31)35(42)44-3)36(43)45-21-18-27-22-39-19-20-41(27)33(25-12-7-5-8-13-25)26-14-9-6-10-15-26/h1,5-17,27,31,33,39-40H,18-22,38H2,2-3H3. The smallest absolute Gasteiger partial charge is 0.338 e. The minimum absolute atomic E-state index is 0.0195. The van der Waals surface area contributed by atoms with E-state index in [1.54, 1.807) is 13.0 Å². The number of carbonyl (C=O) groups excluding carboxylic acids is 2. The van der Waals surface area contributed by atoms with E-state index < -0.39 is 23.7 Å². The number of ether oxygens (including phenoxy) is 2. The van der Waals surface area contributed by atoms with Crippen molar-refractivity contribution in [1.82, 2.24) is 15.5 Å². The molecular weight excluding hydrogens is 571 g/mol. The largest absolute Gasteiger partial charge is 0.466 e. The van der Waals surface area contributed by atoms with Gasteiger partial charge >= 0.3 is 11.9 Å². The Bertz CT molecular complexity index is 1610. The Morgan fingerprint density at radius 1 is 1.02 bits per heavy atom. The fourth-order valence-corrected chi connectivity index (χ4v) is 6.30. The summed E-state index contributed by atoms with van der Waals surface area (Å²) in [5.74, 6) is -1.01. The van der Waals surface area contributed by atoms with Crippen LogP contribution in [0.15, 0.2) is 102 Å². The number of piperazine rings is 1. The molecular formula is C36H37FN4O4.